The minimum absolute atomic E-state index is 0.0835. The van der Waals surface area contributed by atoms with Gasteiger partial charge < -0.3 is 25.7 Å². The normalized spacial score (nSPS) is 11.4. The van der Waals surface area contributed by atoms with Crippen LogP contribution in [0.3, 0.4) is 0 Å². The molecule has 0 saturated carbocycles. The molecule has 1 atom stereocenters. The number of nitrogens with one attached hydrogen (secondary N) is 1. The van der Waals surface area contributed by atoms with Crippen LogP contribution in [0.25, 0.3) is 0 Å². The summed E-state index contributed by atoms with van der Waals surface area (Å²) in [6, 6.07) is 6.47. The second-order valence-corrected chi connectivity index (χ2v) is 6.92. The molecule has 2 aromatic rings. The summed E-state index contributed by atoms with van der Waals surface area (Å²) in [6.45, 7) is 4.94. The summed E-state index contributed by atoms with van der Waals surface area (Å²) in [5.74, 6) is 9.83. The number of carbonyl (C=O) groups excluding carboxylic acids is 1. The van der Waals surface area contributed by atoms with Crippen LogP contribution in [0.15, 0.2) is 34.7 Å². The summed E-state index contributed by atoms with van der Waals surface area (Å²) in [4.78, 5) is 23.6. The lowest BCUT2D eigenvalue weighted by Gasteiger charge is -2.27. The monoisotopic (exact) mass is 394 g/mol. The molecule has 5 N–H and O–H groups in total. The van der Waals surface area contributed by atoms with Crippen molar-refractivity contribution >= 4 is 11.9 Å². The number of furan rings is 1. The first-order valence-corrected chi connectivity index (χ1v) is 8.88. The second kappa shape index (κ2) is 9.01. The zero-order valence-corrected chi connectivity index (χ0v) is 16.4. The van der Waals surface area contributed by atoms with E-state index in [4.69, 9.17) is 10.2 Å². The van der Waals surface area contributed by atoms with Crippen LogP contribution in [-0.2, 0) is 11.2 Å². The Morgan fingerprint density at radius 3 is 2.45 bits per heavy atom. The summed E-state index contributed by atoms with van der Waals surface area (Å²) >= 11 is 0. The number of carboxylic acid groups (broad SMARTS) is 1. The van der Waals surface area contributed by atoms with Gasteiger partial charge in [-0.15, -0.1) is 0 Å². The van der Waals surface area contributed by atoms with Gasteiger partial charge >= 0.3 is 5.97 Å². The molecule has 1 amide bonds. The maximum absolute atomic E-state index is 12.3. The minimum atomic E-state index is -1.32. The third-order valence-corrected chi connectivity index (χ3v) is 3.97. The maximum Gasteiger partial charge on any atom is 0.328 e. The Hall–Kier alpha value is -3.68. The highest BCUT2D eigenvalue weighted by Crippen LogP contribution is 2.19. The number of nitrogens with two attached hydrogens (primary N) is 1. The van der Waals surface area contributed by atoms with E-state index in [2.05, 4.69) is 29.0 Å². The van der Waals surface area contributed by atoms with Gasteiger partial charge in [-0.3, -0.25) is 4.79 Å². The van der Waals surface area contributed by atoms with E-state index in [0.717, 1.165) is 12.2 Å². The van der Waals surface area contributed by atoms with Crippen molar-refractivity contribution in [3.05, 3.63) is 53.0 Å². The number of aromatic hydroxyl groups is 1. The molecular formula is C22H22N2O5. The lowest BCUT2D eigenvalue weighted by atomic mass is 9.95. The number of aryl methyl sites for hydroxylation is 1. The van der Waals surface area contributed by atoms with Crippen LogP contribution in [-0.4, -0.2) is 33.7 Å². The third-order valence-electron chi connectivity index (χ3n) is 3.97. The van der Waals surface area contributed by atoms with Gasteiger partial charge in [0.25, 0.3) is 5.91 Å². The Labute approximate surface area is 168 Å². The number of phenols is 1. The minimum Gasteiger partial charge on any atom is -0.507 e. The maximum atomic E-state index is 12.3. The number of benzene rings is 1. The van der Waals surface area contributed by atoms with E-state index in [9.17, 15) is 19.8 Å². The average Bonchev–Trinajstić information content (AvgIpc) is 3.10. The number of hydrogen-bond acceptors (Lipinski definition) is 5. The summed E-state index contributed by atoms with van der Waals surface area (Å²) in [5, 5.41) is 21.7. The van der Waals surface area contributed by atoms with Crippen molar-refractivity contribution in [2.45, 2.75) is 38.8 Å². The lowest BCUT2D eigenvalue weighted by molar-refractivity contribution is -0.140. The topological polar surface area (TPSA) is 126 Å². The molecule has 1 aromatic carbocycles. The number of rotatable bonds is 5. The van der Waals surface area contributed by atoms with Crippen LogP contribution < -0.4 is 11.1 Å². The van der Waals surface area contributed by atoms with Gasteiger partial charge in [0.05, 0.1) is 5.56 Å². The van der Waals surface area contributed by atoms with Gasteiger partial charge in [-0.1, -0.05) is 12.8 Å². The Bertz CT molecular complexity index is 1040. The summed E-state index contributed by atoms with van der Waals surface area (Å²) in [5.41, 5.74) is 4.96. The molecule has 29 heavy (non-hydrogen) atoms. The van der Waals surface area contributed by atoms with Crippen molar-refractivity contribution in [3.63, 3.8) is 0 Å². The molecule has 1 heterocycles. The molecule has 0 aliphatic heterocycles. The van der Waals surface area contributed by atoms with E-state index in [1.54, 1.807) is 6.07 Å². The highest BCUT2D eigenvalue weighted by atomic mass is 16.4. The SMILES string of the molecule is CCc1ccc(C#CC#Cc2ccc(C(=O)NC(C(=O)O)C(C)(C)N)c(O)c2)o1. The fourth-order valence-electron chi connectivity index (χ4n) is 2.41. The molecule has 0 radical (unpaired) electrons. The van der Waals surface area contributed by atoms with Gasteiger partial charge in [-0.25, -0.2) is 4.79 Å². The summed E-state index contributed by atoms with van der Waals surface area (Å²) in [7, 11) is 0. The van der Waals surface area contributed by atoms with Crippen LogP contribution in [0.4, 0.5) is 0 Å². The first-order chi connectivity index (χ1) is 13.6. The Balaban J connectivity index is 2.13. The number of carboxylic acids is 1. The largest absolute Gasteiger partial charge is 0.507 e. The first-order valence-electron chi connectivity index (χ1n) is 8.88. The Morgan fingerprint density at radius 2 is 1.90 bits per heavy atom. The highest BCUT2D eigenvalue weighted by molar-refractivity contribution is 5.99. The van der Waals surface area contributed by atoms with Crippen molar-refractivity contribution in [2.24, 2.45) is 5.73 Å². The highest BCUT2D eigenvalue weighted by Gasteiger charge is 2.33. The van der Waals surface area contributed by atoms with Crippen LogP contribution >= 0.6 is 0 Å². The third kappa shape index (κ3) is 5.90. The molecular weight excluding hydrogens is 372 g/mol. The van der Waals surface area contributed by atoms with Crippen LogP contribution in [0.2, 0.25) is 0 Å². The first kappa shape index (κ1) is 21.6. The lowest BCUT2D eigenvalue weighted by Crippen LogP contribution is -2.58. The Morgan fingerprint density at radius 1 is 1.21 bits per heavy atom. The zero-order valence-electron chi connectivity index (χ0n) is 16.4. The van der Waals surface area contributed by atoms with Crippen LogP contribution in [0.1, 0.15) is 48.2 Å². The molecule has 0 saturated heterocycles. The number of carbonyl (C=O) groups is 2. The van der Waals surface area contributed by atoms with E-state index >= 15 is 0 Å². The predicted molar refractivity (Wildman–Crippen MR) is 107 cm³/mol. The summed E-state index contributed by atoms with van der Waals surface area (Å²) in [6.07, 6.45) is 0.780. The molecule has 7 nitrogen and oxygen atoms in total. The van der Waals surface area contributed by atoms with Gasteiger partial charge in [0.15, 0.2) is 5.76 Å². The van der Waals surface area contributed by atoms with Crippen LogP contribution in [0, 0.1) is 23.7 Å². The molecule has 7 heteroatoms. The van der Waals surface area contributed by atoms with Crippen molar-refractivity contribution in [2.75, 3.05) is 0 Å². The average molecular weight is 394 g/mol. The van der Waals surface area contributed by atoms with Crippen molar-refractivity contribution in [3.8, 4) is 29.4 Å². The molecule has 0 fully saturated rings. The Kier molecular flexibility index (Phi) is 6.71. The number of amides is 1. The van der Waals surface area contributed by atoms with E-state index in [1.165, 1.54) is 32.0 Å². The fourth-order valence-corrected chi connectivity index (χ4v) is 2.41. The number of aliphatic carboxylic acids is 1. The molecule has 0 aliphatic rings. The van der Waals surface area contributed by atoms with Crippen molar-refractivity contribution in [1.29, 1.82) is 0 Å². The molecule has 0 spiro atoms. The van der Waals surface area contributed by atoms with Gasteiger partial charge in [-0.05, 0) is 61.9 Å². The number of hydrogen-bond donors (Lipinski definition) is 4. The van der Waals surface area contributed by atoms with Crippen molar-refractivity contribution < 1.29 is 24.2 Å². The second-order valence-electron chi connectivity index (χ2n) is 6.92. The molecule has 1 unspecified atom stereocenters. The molecule has 150 valence electrons. The van der Waals surface area contributed by atoms with Crippen molar-refractivity contribution in [1.82, 2.24) is 5.32 Å². The molecule has 0 aliphatic carbocycles. The predicted octanol–water partition coefficient (Wildman–Crippen LogP) is 1.87. The standard InChI is InChI=1S/C22H22N2O5/c1-4-15-10-11-16(29-15)8-6-5-7-14-9-12-17(18(25)13-14)20(26)24-19(21(27)28)22(2,3)23/h9-13,19,25H,4,23H2,1-3H3,(H,24,26)(H,27,28). The number of phenolic OH excluding ortho intramolecular Hbond substituents is 1. The van der Waals surface area contributed by atoms with E-state index in [0.29, 0.717) is 11.3 Å². The smallest absolute Gasteiger partial charge is 0.328 e. The van der Waals surface area contributed by atoms with Gasteiger partial charge in [0.1, 0.15) is 17.6 Å². The quantitative estimate of drug-likeness (QED) is 0.574. The zero-order chi connectivity index (χ0) is 21.6. The van der Waals surface area contributed by atoms with Gasteiger partial charge in [0, 0.05) is 17.5 Å². The van der Waals surface area contributed by atoms with E-state index < -0.39 is 23.5 Å². The molecule has 0 bridgehead atoms. The van der Waals surface area contributed by atoms with Crippen LogP contribution in [0.5, 0.6) is 5.75 Å². The van der Waals surface area contributed by atoms with Gasteiger partial charge in [-0.2, -0.15) is 0 Å². The van der Waals surface area contributed by atoms with Gasteiger partial charge in [0.2, 0.25) is 0 Å². The molecule has 2 rings (SSSR count). The molecule has 1 aromatic heterocycles. The van der Waals surface area contributed by atoms with E-state index in [-0.39, 0.29) is 11.3 Å². The fraction of sp³-hybridized carbons (Fsp3) is 0.273. The van der Waals surface area contributed by atoms with E-state index in [1.807, 2.05) is 13.0 Å². The summed E-state index contributed by atoms with van der Waals surface area (Å²) < 4.78 is 5.44.